The van der Waals surface area contributed by atoms with Gasteiger partial charge in [-0.15, -0.1) is 29.3 Å². The zero-order chi connectivity index (χ0) is 58.7. The second-order valence-corrected chi connectivity index (χ2v) is 19.3. The molecule has 64 heavy (non-hydrogen) atoms. The van der Waals surface area contributed by atoms with Crippen LogP contribution in [-0.4, -0.2) is 19.6 Å². The average molecular weight is 1040 g/mol. The average Bonchev–Trinajstić information content (AvgIpc) is 3.72. The van der Waals surface area contributed by atoms with Crippen LogP contribution < -0.4 is 0 Å². The van der Waals surface area contributed by atoms with Crippen molar-refractivity contribution in [2.24, 2.45) is 0 Å². The number of imidazole rings is 1. The molecule has 0 saturated heterocycles. The third kappa shape index (κ3) is 9.18. The number of phenols is 1. The molecule has 0 radical (unpaired) electrons. The third-order valence-electron chi connectivity index (χ3n) is 11.4. The van der Waals surface area contributed by atoms with Crippen molar-refractivity contribution in [3.63, 3.8) is 0 Å². The molecule has 0 saturated carbocycles. The summed E-state index contributed by atoms with van der Waals surface area (Å²) in [5.41, 5.74) is 1.42. The van der Waals surface area contributed by atoms with E-state index in [1.165, 1.54) is 18.3 Å². The largest absolute Gasteiger partial charge is 0.507 e. The maximum Gasteiger partial charge on any atom is 0.148 e. The number of fused-ring (bicyclic) bond motifs is 1. The van der Waals surface area contributed by atoms with Gasteiger partial charge in [0.1, 0.15) is 11.6 Å². The van der Waals surface area contributed by atoms with Gasteiger partial charge in [-0.3, -0.25) is 9.55 Å². The molecule has 0 atom stereocenters. The maximum absolute atomic E-state index is 12.5. The molecule has 0 aliphatic carbocycles. The van der Waals surface area contributed by atoms with Crippen LogP contribution in [0.2, 0.25) is 0 Å². The van der Waals surface area contributed by atoms with Gasteiger partial charge in [0.2, 0.25) is 0 Å². The summed E-state index contributed by atoms with van der Waals surface area (Å²) in [7, 11) is 0. The Morgan fingerprint density at radius 3 is 1.94 bits per heavy atom. The van der Waals surface area contributed by atoms with Crippen molar-refractivity contribution < 1.29 is 48.1 Å². The Labute approximate surface area is 418 Å². The smallest absolute Gasteiger partial charge is 0.148 e. The van der Waals surface area contributed by atoms with E-state index in [9.17, 15) is 5.11 Å². The van der Waals surface area contributed by atoms with Gasteiger partial charge in [0.15, 0.2) is 0 Å². The summed E-state index contributed by atoms with van der Waals surface area (Å²) in [5.74, 6) is 0.424. The molecule has 0 fully saturated rings. The molecule has 8 rings (SSSR count). The molecule has 6 aromatic carbocycles. The standard InChI is InChI=1S/C59H62N3O.Pt/c1-37-22-27-51(47(30-37)39-18-15-14-16-19-39)62-52-21-17-20-46(53(52)61-55(62)48-35-45(58(8,9)10)36-49(54(48)63)59(11,12)13)41-31-42(33-44(32-41)57(5,6)7)50-34-40(28-29-60-50)38-23-25-43(26-24-38)56(2,3)4;/h14-30,32-36,63H,1-13H3;/q-1;/i1D3,2D3,3D3,4D3,23D,24D,25D,26D;. The van der Waals surface area contributed by atoms with E-state index in [0.29, 0.717) is 55.9 Å². The monoisotopic (exact) mass is 1040 g/mol. The Bertz CT molecular complexity index is 3620. The number of aromatic nitrogens is 3. The van der Waals surface area contributed by atoms with Gasteiger partial charge in [-0.25, -0.2) is 4.98 Å². The van der Waals surface area contributed by atoms with Crippen molar-refractivity contribution >= 4 is 11.0 Å². The van der Waals surface area contributed by atoms with E-state index >= 15 is 0 Å². The van der Waals surface area contributed by atoms with Gasteiger partial charge < -0.3 is 5.11 Å². The Morgan fingerprint density at radius 1 is 0.594 bits per heavy atom. The minimum Gasteiger partial charge on any atom is -0.507 e. The third-order valence-corrected chi connectivity index (χ3v) is 11.4. The topological polar surface area (TPSA) is 50.9 Å². The summed E-state index contributed by atoms with van der Waals surface area (Å²) in [6.07, 6.45) is 1.39. The molecule has 2 aromatic heterocycles. The number of aryl methyl sites for hydroxylation is 1. The number of phenolic OH excluding ortho intramolecular Hbond substituents is 1. The van der Waals surface area contributed by atoms with Crippen LogP contribution in [0.1, 0.15) is 133 Å². The van der Waals surface area contributed by atoms with Crippen LogP contribution in [-0.2, 0) is 42.7 Å². The minimum atomic E-state index is -3.83. The summed E-state index contributed by atoms with van der Waals surface area (Å²) in [5, 5.41) is 12.5. The van der Waals surface area contributed by atoms with Crippen LogP contribution >= 0.6 is 0 Å². The molecule has 330 valence electrons. The second kappa shape index (κ2) is 17.1. The summed E-state index contributed by atoms with van der Waals surface area (Å²) in [6, 6.07) is 30.6. The molecule has 0 unspecified atom stereocenters. The first kappa shape index (κ1) is 29.8. The molecule has 0 amide bonds. The van der Waals surface area contributed by atoms with Gasteiger partial charge >= 0.3 is 0 Å². The molecule has 0 aliphatic rings. The normalized spacial score (nSPS) is 16.8. The predicted octanol–water partition coefficient (Wildman–Crippen LogP) is 15.8. The molecular weight excluding hydrogens is 962 g/mol. The summed E-state index contributed by atoms with van der Waals surface area (Å²) >= 11 is 0. The molecular formula is C59H62N3OPt-. The Hall–Kier alpha value is -5.57. The van der Waals surface area contributed by atoms with Crippen LogP contribution in [0.5, 0.6) is 5.75 Å². The quantitative estimate of drug-likeness (QED) is 0.169. The van der Waals surface area contributed by atoms with Gasteiger partial charge in [-0.05, 0) is 86.7 Å². The van der Waals surface area contributed by atoms with Gasteiger partial charge in [-0.2, -0.15) is 0 Å². The number of hydrogen-bond acceptors (Lipinski definition) is 3. The van der Waals surface area contributed by atoms with Gasteiger partial charge in [0.25, 0.3) is 0 Å². The Morgan fingerprint density at radius 2 is 1.28 bits per heavy atom. The van der Waals surface area contributed by atoms with E-state index in [0.717, 1.165) is 16.7 Å². The first-order valence-corrected chi connectivity index (χ1v) is 21.0. The SMILES string of the molecule is [2H]c1c([2H])c(C(C([2H])([2H])[2H])(C([2H])([2H])[2H])C([2H])([2H])[2H])c([2H])c([2H])c1-c1ccnc(-c2[c-]c(-c3cccc4c3nc(-c3cc(C(C)(C)C)cc(C(C)(C)C)c3O)n4-c3ccc(C([2H])([2H])[2H])cc3-c3ccccc3)cc(C(C)(C)C)c2)c1.[Pt]. The second-order valence-electron chi connectivity index (χ2n) is 19.3. The Kier molecular flexibility index (Phi) is 7.96. The first-order valence-electron chi connectivity index (χ1n) is 29.0. The van der Waals surface area contributed by atoms with Gasteiger partial charge in [-0.1, -0.05) is 184 Å². The zero-order valence-electron chi connectivity index (χ0n) is 53.5. The molecule has 2 heterocycles. The number of para-hydroxylation sites is 1. The first-order chi connectivity index (χ1) is 36.2. The predicted molar refractivity (Wildman–Crippen MR) is 266 cm³/mol. The number of benzene rings is 6. The molecule has 4 nitrogen and oxygen atoms in total. The summed E-state index contributed by atoms with van der Waals surface area (Å²) < 4.78 is 138. The molecule has 5 heteroatoms. The van der Waals surface area contributed by atoms with Crippen molar-refractivity contribution in [3.05, 3.63) is 167 Å². The van der Waals surface area contributed by atoms with Crippen LogP contribution in [0, 0.1) is 12.9 Å². The fourth-order valence-corrected chi connectivity index (χ4v) is 7.79. The molecule has 0 spiro atoms. The van der Waals surface area contributed by atoms with Crippen molar-refractivity contribution in [1.82, 2.24) is 14.5 Å². The van der Waals surface area contributed by atoms with E-state index in [1.54, 1.807) is 18.2 Å². The molecule has 0 bridgehead atoms. The van der Waals surface area contributed by atoms with Crippen molar-refractivity contribution in [2.45, 2.75) is 111 Å². The van der Waals surface area contributed by atoms with Gasteiger partial charge in [0, 0.05) is 60.5 Å². The number of rotatable bonds is 6. The number of pyridine rings is 1. The summed E-state index contributed by atoms with van der Waals surface area (Å²) in [4.78, 5) is 10.2. The van der Waals surface area contributed by atoms with Crippen LogP contribution in [0.3, 0.4) is 0 Å². The zero-order valence-corrected chi connectivity index (χ0v) is 39.8. The summed E-state index contributed by atoms with van der Waals surface area (Å²) in [6.45, 7) is 4.56. The van der Waals surface area contributed by atoms with Crippen molar-refractivity contribution in [1.29, 1.82) is 0 Å². The van der Waals surface area contributed by atoms with E-state index in [4.69, 9.17) is 26.9 Å². The van der Waals surface area contributed by atoms with Crippen LogP contribution in [0.15, 0.2) is 133 Å². The van der Waals surface area contributed by atoms with E-state index in [-0.39, 0.29) is 54.6 Å². The number of nitrogens with zero attached hydrogens (tertiary/aromatic N) is 3. The van der Waals surface area contributed by atoms with Crippen molar-refractivity contribution in [2.75, 3.05) is 0 Å². The number of aromatic hydroxyl groups is 1. The molecule has 1 N–H and O–H groups in total. The molecule has 8 aromatic rings. The fraction of sp³-hybridized carbons (Fsp3) is 0.288. The van der Waals surface area contributed by atoms with E-state index < -0.39 is 73.4 Å². The molecule has 0 aliphatic heterocycles. The van der Waals surface area contributed by atoms with E-state index in [2.05, 4.69) is 31.8 Å². The van der Waals surface area contributed by atoms with Crippen molar-refractivity contribution in [3.8, 4) is 67.5 Å². The van der Waals surface area contributed by atoms with Gasteiger partial charge in [0.05, 0.1) is 27.8 Å². The Balaban J connectivity index is 0.00000924. The fourth-order valence-electron chi connectivity index (χ4n) is 7.79. The van der Waals surface area contributed by atoms with E-state index in [1.807, 2.05) is 119 Å². The van der Waals surface area contributed by atoms with Crippen LogP contribution in [0.4, 0.5) is 0 Å². The van der Waals surface area contributed by atoms with Crippen LogP contribution in [0.25, 0.3) is 72.7 Å². The minimum absolute atomic E-state index is 0. The maximum atomic E-state index is 12.5. The number of hydrogen-bond donors (Lipinski definition) is 1.